The van der Waals surface area contributed by atoms with Gasteiger partial charge in [0, 0.05) is 10.0 Å². The van der Waals surface area contributed by atoms with Gasteiger partial charge in [-0.1, -0.05) is 5.16 Å². The van der Waals surface area contributed by atoms with E-state index < -0.39 is 15.8 Å². The number of hydrogen-bond donors (Lipinski definition) is 1. The van der Waals surface area contributed by atoms with Crippen molar-refractivity contribution in [2.45, 2.75) is 24.5 Å². The van der Waals surface area contributed by atoms with Crippen LogP contribution in [-0.4, -0.2) is 24.7 Å². The maximum absolute atomic E-state index is 12.4. The molecule has 112 valence electrons. The number of halogens is 1. The molecule has 0 saturated carbocycles. The van der Waals surface area contributed by atoms with E-state index in [0.29, 0.717) is 21.5 Å². The van der Waals surface area contributed by atoms with Crippen LogP contribution in [0.4, 0.5) is 0 Å². The summed E-state index contributed by atoms with van der Waals surface area (Å²) in [5.74, 6) is -1.04. The van der Waals surface area contributed by atoms with Crippen LogP contribution in [0.5, 0.6) is 0 Å². The van der Waals surface area contributed by atoms with E-state index in [4.69, 9.17) is 9.63 Å². The highest BCUT2D eigenvalue weighted by Gasteiger charge is 2.22. The molecular weight excluding hydrogens is 362 g/mol. The molecule has 2 aromatic rings. The Bertz CT molecular complexity index is 790. The van der Waals surface area contributed by atoms with Crippen LogP contribution < -0.4 is 0 Å². The van der Waals surface area contributed by atoms with Gasteiger partial charge in [-0.25, -0.2) is 13.2 Å². The average Bonchev–Trinajstić information content (AvgIpc) is 2.70. The quantitative estimate of drug-likeness (QED) is 0.884. The summed E-state index contributed by atoms with van der Waals surface area (Å²) < 4.78 is 30.1. The Morgan fingerprint density at radius 2 is 2.05 bits per heavy atom. The van der Waals surface area contributed by atoms with Crippen molar-refractivity contribution in [1.29, 1.82) is 0 Å². The molecule has 0 atom stereocenters. The van der Waals surface area contributed by atoms with Gasteiger partial charge in [0.2, 0.25) is 0 Å². The minimum atomic E-state index is -3.69. The summed E-state index contributed by atoms with van der Waals surface area (Å²) in [5.41, 5.74) is 0.899. The highest BCUT2D eigenvalue weighted by Crippen LogP contribution is 2.25. The highest BCUT2D eigenvalue weighted by molar-refractivity contribution is 9.10. The first kappa shape index (κ1) is 15.7. The molecule has 2 rings (SSSR count). The molecule has 1 heterocycles. The van der Waals surface area contributed by atoms with Gasteiger partial charge in [-0.15, -0.1) is 0 Å². The van der Waals surface area contributed by atoms with E-state index in [2.05, 4.69) is 21.1 Å². The number of hydrogen-bond acceptors (Lipinski definition) is 5. The number of rotatable bonds is 4. The lowest BCUT2D eigenvalue weighted by Gasteiger charge is -2.06. The smallest absolute Gasteiger partial charge is 0.336 e. The molecule has 0 aliphatic carbocycles. The van der Waals surface area contributed by atoms with Crippen LogP contribution in [0.2, 0.25) is 0 Å². The van der Waals surface area contributed by atoms with Gasteiger partial charge in [0.15, 0.2) is 9.84 Å². The molecule has 21 heavy (non-hydrogen) atoms. The number of sulfone groups is 1. The van der Waals surface area contributed by atoms with Crippen LogP contribution in [0.25, 0.3) is 0 Å². The van der Waals surface area contributed by atoms with Gasteiger partial charge in [0.25, 0.3) is 0 Å². The third-order valence-electron chi connectivity index (χ3n) is 3.04. The van der Waals surface area contributed by atoms with Gasteiger partial charge < -0.3 is 9.63 Å². The molecule has 1 N–H and O–H groups in total. The summed E-state index contributed by atoms with van der Waals surface area (Å²) in [6, 6.07) is 3.91. The van der Waals surface area contributed by atoms with Crippen molar-refractivity contribution in [1.82, 2.24) is 5.16 Å². The van der Waals surface area contributed by atoms with Crippen LogP contribution >= 0.6 is 15.9 Å². The van der Waals surface area contributed by atoms with Crippen molar-refractivity contribution in [3.05, 3.63) is 45.3 Å². The normalized spacial score (nSPS) is 11.6. The largest absolute Gasteiger partial charge is 0.478 e. The molecule has 0 unspecified atom stereocenters. The molecule has 0 aliphatic heterocycles. The molecular formula is C13H12BrNO5S. The molecule has 0 bridgehead atoms. The van der Waals surface area contributed by atoms with E-state index >= 15 is 0 Å². The second kappa shape index (κ2) is 5.61. The summed E-state index contributed by atoms with van der Waals surface area (Å²) >= 11 is 3.08. The first-order chi connectivity index (χ1) is 9.72. The summed E-state index contributed by atoms with van der Waals surface area (Å²) in [6.45, 7) is 3.29. The molecule has 1 aromatic heterocycles. The summed E-state index contributed by atoms with van der Waals surface area (Å²) in [7, 11) is -3.69. The van der Waals surface area contributed by atoms with Crippen LogP contribution in [0.15, 0.2) is 32.1 Å². The van der Waals surface area contributed by atoms with Gasteiger partial charge in [0.05, 0.1) is 21.9 Å². The van der Waals surface area contributed by atoms with Gasteiger partial charge in [-0.3, -0.25) is 0 Å². The Labute approximate surface area is 129 Å². The molecule has 0 saturated heterocycles. The Kier molecular flexibility index (Phi) is 4.20. The van der Waals surface area contributed by atoms with Crippen LogP contribution in [0.1, 0.15) is 27.4 Å². The minimum Gasteiger partial charge on any atom is -0.478 e. The van der Waals surface area contributed by atoms with E-state index in [1.807, 2.05) is 0 Å². The summed E-state index contributed by atoms with van der Waals surface area (Å²) in [4.78, 5) is 11.0. The summed E-state index contributed by atoms with van der Waals surface area (Å²) in [6.07, 6.45) is 0. The first-order valence-corrected chi connectivity index (χ1v) is 8.34. The molecule has 8 heteroatoms. The Morgan fingerprint density at radius 3 is 2.57 bits per heavy atom. The number of aromatic carboxylic acids is 1. The van der Waals surface area contributed by atoms with E-state index in [1.165, 1.54) is 12.1 Å². The Morgan fingerprint density at radius 1 is 1.38 bits per heavy atom. The minimum absolute atomic E-state index is 0.0527. The number of carboxylic acids is 1. The SMILES string of the molecule is Cc1noc(C)c1CS(=O)(=O)c1ccc(Br)c(C(=O)O)c1. The topological polar surface area (TPSA) is 97.5 Å². The zero-order valence-electron chi connectivity index (χ0n) is 11.3. The molecule has 6 nitrogen and oxygen atoms in total. The Hall–Kier alpha value is -1.67. The first-order valence-electron chi connectivity index (χ1n) is 5.89. The lowest BCUT2D eigenvalue weighted by molar-refractivity contribution is 0.0695. The van der Waals surface area contributed by atoms with Crippen molar-refractivity contribution >= 4 is 31.7 Å². The maximum Gasteiger partial charge on any atom is 0.336 e. The van der Waals surface area contributed by atoms with Crippen molar-refractivity contribution in [2.75, 3.05) is 0 Å². The predicted molar refractivity (Wildman–Crippen MR) is 78.0 cm³/mol. The third-order valence-corrected chi connectivity index (χ3v) is 5.38. The average molecular weight is 374 g/mol. The number of carbonyl (C=O) groups is 1. The highest BCUT2D eigenvalue weighted by atomic mass is 79.9. The lowest BCUT2D eigenvalue weighted by Crippen LogP contribution is -2.08. The zero-order chi connectivity index (χ0) is 15.8. The zero-order valence-corrected chi connectivity index (χ0v) is 13.7. The fourth-order valence-electron chi connectivity index (χ4n) is 1.84. The molecule has 0 amide bonds. The Balaban J connectivity index is 2.45. The standard InChI is InChI=1S/C13H12BrNO5S/c1-7-11(8(2)20-15-7)6-21(18,19)9-3-4-12(14)10(5-9)13(16)17/h3-5H,6H2,1-2H3,(H,16,17). The molecule has 1 aromatic carbocycles. The molecule has 0 radical (unpaired) electrons. The van der Waals surface area contributed by atoms with E-state index in [9.17, 15) is 13.2 Å². The van der Waals surface area contributed by atoms with Crippen molar-refractivity contribution in [3.63, 3.8) is 0 Å². The van der Waals surface area contributed by atoms with Crippen LogP contribution in [0, 0.1) is 13.8 Å². The predicted octanol–water partition coefficient (Wildman–Crippen LogP) is 2.73. The maximum atomic E-state index is 12.4. The fourth-order valence-corrected chi connectivity index (χ4v) is 3.79. The van der Waals surface area contributed by atoms with Crippen LogP contribution in [-0.2, 0) is 15.6 Å². The van der Waals surface area contributed by atoms with Crippen molar-refractivity contribution < 1.29 is 22.8 Å². The number of nitrogens with zero attached hydrogens (tertiary/aromatic N) is 1. The number of aromatic nitrogens is 1. The van der Waals surface area contributed by atoms with Gasteiger partial charge in [-0.05, 0) is 48.0 Å². The number of benzene rings is 1. The van der Waals surface area contributed by atoms with Gasteiger partial charge in [-0.2, -0.15) is 0 Å². The third kappa shape index (κ3) is 3.16. The van der Waals surface area contributed by atoms with E-state index in [0.717, 1.165) is 6.07 Å². The second-order valence-corrected chi connectivity index (χ2v) is 7.35. The fraction of sp³-hybridized carbons (Fsp3) is 0.231. The van der Waals surface area contributed by atoms with Crippen molar-refractivity contribution in [2.24, 2.45) is 0 Å². The van der Waals surface area contributed by atoms with Gasteiger partial charge >= 0.3 is 5.97 Å². The second-order valence-electron chi connectivity index (χ2n) is 4.51. The van der Waals surface area contributed by atoms with E-state index in [1.54, 1.807) is 13.8 Å². The summed E-state index contributed by atoms with van der Waals surface area (Å²) in [5, 5.41) is 12.8. The molecule has 0 fully saturated rings. The van der Waals surface area contributed by atoms with E-state index in [-0.39, 0.29) is 16.2 Å². The molecule has 0 spiro atoms. The number of carboxylic acid groups (broad SMARTS) is 1. The lowest BCUT2D eigenvalue weighted by atomic mass is 10.2. The monoisotopic (exact) mass is 373 g/mol. The van der Waals surface area contributed by atoms with Crippen LogP contribution in [0.3, 0.4) is 0 Å². The van der Waals surface area contributed by atoms with Crippen molar-refractivity contribution in [3.8, 4) is 0 Å². The van der Waals surface area contributed by atoms with Gasteiger partial charge in [0.1, 0.15) is 5.76 Å². The number of aryl methyl sites for hydroxylation is 2. The molecule has 0 aliphatic rings.